The van der Waals surface area contributed by atoms with Gasteiger partial charge in [-0.1, -0.05) is 35.5 Å². The third-order valence-corrected chi connectivity index (χ3v) is 4.24. The van der Waals surface area contributed by atoms with Crippen LogP contribution in [-0.4, -0.2) is 17.9 Å². The van der Waals surface area contributed by atoms with Crippen molar-refractivity contribution in [3.8, 4) is 5.75 Å². The molecule has 1 aliphatic rings. The molecule has 3 aromatic rings. The molecule has 0 fully saturated rings. The number of hydrogen-bond acceptors (Lipinski definition) is 3. The minimum atomic E-state index is 0.303. The molecule has 0 saturated carbocycles. The molecule has 0 amide bonds. The van der Waals surface area contributed by atoms with Crippen molar-refractivity contribution in [3.05, 3.63) is 53.6 Å². The highest BCUT2D eigenvalue weighted by molar-refractivity contribution is 6.14. The minimum absolute atomic E-state index is 0.303. The van der Waals surface area contributed by atoms with E-state index in [-0.39, 0.29) is 0 Å². The summed E-state index contributed by atoms with van der Waals surface area (Å²) >= 11 is 0. The molecule has 0 heterocycles. The van der Waals surface area contributed by atoms with Gasteiger partial charge in [-0.2, -0.15) is 0 Å². The van der Waals surface area contributed by atoms with E-state index < -0.39 is 0 Å². The second-order valence-corrected chi connectivity index (χ2v) is 5.38. The number of benzene rings is 3. The van der Waals surface area contributed by atoms with Crippen LogP contribution in [0.1, 0.15) is 17.5 Å². The molecule has 0 atom stereocenters. The van der Waals surface area contributed by atoms with Crippen LogP contribution in [0.15, 0.2) is 47.6 Å². The average Bonchev–Trinajstić information content (AvgIpc) is 2.90. The molecular formula is C18H15NO2. The van der Waals surface area contributed by atoms with Crippen LogP contribution in [0.3, 0.4) is 0 Å². The molecule has 0 aromatic heterocycles. The summed E-state index contributed by atoms with van der Waals surface area (Å²) in [4.78, 5) is 4.94. The van der Waals surface area contributed by atoms with Gasteiger partial charge in [-0.05, 0) is 52.1 Å². The lowest BCUT2D eigenvalue weighted by Crippen LogP contribution is -1.95. The highest BCUT2D eigenvalue weighted by Crippen LogP contribution is 2.35. The van der Waals surface area contributed by atoms with Gasteiger partial charge in [-0.3, -0.25) is 0 Å². The van der Waals surface area contributed by atoms with Crippen molar-refractivity contribution in [2.24, 2.45) is 5.16 Å². The van der Waals surface area contributed by atoms with Gasteiger partial charge in [0.1, 0.15) is 12.9 Å². The van der Waals surface area contributed by atoms with Crippen LogP contribution < -0.4 is 0 Å². The van der Waals surface area contributed by atoms with Crippen molar-refractivity contribution in [2.45, 2.75) is 12.8 Å². The Kier molecular flexibility index (Phi) is 2.61. The zero-order valence-corrected chi connectivity index (χ0v) is 11.8. The van der Waals surface area contributed by atoms with Crippen molar-refractivity contribution in [3.63, 3.8) is 0 Å². The predicted octanol–water partition coefficient (Wildman–Crippen LogP) is 4.00. The number of oxime groups is 1. The fraction of sp³-hybridized carbons (Fsp3) is 0.167. The summed E-state index contributed by atoms with van der Waals surface area (Å²) in [6.45, 7) is 0. The largest absolute Gasteiger partial charge is 0.508 e. The fourth-order valence-electron chi connectivity index (χ4n) is 3.32. The molecule has 1 aliphatic carbocycles. The maximum atomic E-state index is 9.62. The molecule has 104 valence electrons. The van der Waals surface area contributed by atoms with Gasteiger partial charge in [-0.15, -0.1) is 0 Å². The van der Waals surface area contributed by atoms with Crippen LogP contribution in [-0.2, 0) is 11.3 Å². The van der Waals surface area contributed by atoms with Gasteiger partial charge in [0.25, 0.3) is 0 Å². The quantitative estimate of drug-likeness (QED) is 0.539. The smallest absolute Gasteiger partial charge is 0.116 e. The number of aromatic hydroxyl groups is 1. The van der Waals surface area contributed by atoms with E-state index in [2.05, 4.69) is 29.4 Å². The first-order chi connectivity index (χ1) is 10.3. The Labute approximate surface area is 122 Å². The van der Waals surface area contributed by atoms with E-state index >= 15 is 0 Å². The Morgan fingerprint density at radius 1 is 0.952 bits per heavy atom. The molecule has 4 rings (SSSR count). The average molecular weight is 277 g/mol. The number of aryl methyl sites for hydroxylation is 1. The van der Waals surface area contributed by atoms with E-state index in [1.54, 1.807) is 19.2 Å². The van der Waals surface area contributed by atoms with E-state index in [0.29, 0.717) is 5.75 Å². The van der Waals surface area contributed by atoms with Crippen molar-refractivity contribution >= 4 is 27.3 Å². The fourth-order valence-corrected chi connectivity index (χ4v) is 3.32. The predicted molar refractivity (Wildman–Crippen MR) is 85.0 cm³/mol. The van der Waals surface area contributed by atoms with Crippen LogP contribution in [0, 0.1) is 0 Å². The highest BCUT2D eigenvalue weighted by atomic mass is 16.6. The summed E-state index contributed by atoms with van der Waals surface area (Å²) in [5.41, 5.74) is 3.57. The van der Waals surface area contributed by atoms with Gasteiger partial charge >= 0.3 is 0 Å². The molecule has 0 saturated heterocycles. The lowest BCUT2D eigenvalue weighted by atomic mass is 9.96. The number of fused-ring (bicyclic) bond motifs is 5. The van der Waals surface area contributed by atoms with E-state index in [0.717, 1.165) is 23.9 Å². The summed E-state index contributed by atoms with van der Waals surface area (Å²) in [6, 6.07) is 14.0. The first-order valence-corrected chi connectivity index (χ1v) is 7.05. The van der Waals surface area contributed by atoms with Crippen LogP contribution >= 0.6 is 0 Å². The Bertz CT molecular complexity index is 896. The van der Waals surface area contributed by atoms with Gasteiger partial charge in [0.15, 0.2) is 0 Å². The normalized spacial score (nSPS) is 15.8. The standard InChI is InChI=1S/C18H15NO2/c1-21-19-18-9-8-16-15-4-2-11-10-12(20)3-5-13(11)14(15)6-7-17(16)18/h2-7,10,20H,8-9H2,1H3. The highest BCUT2D eigenvalue weighted by Gasteiger charge is 2.21. The Hall–Kier alpha value is -2.55. The van der Waals surface area contributed by atoms with E-state index in [4.69, 9.17) is 4.84 Å². The molecule has 0 unspecified atom stereocenters. The lowest BCUT2D eigenvalue weighted by Gasteiger charge is -2.09. The Morgan fingerprint density at radius 3 is 2.62 bits per heavy atom. The van der Waals surface area contributed by atoms with Crippen LogP contribution in [0.2, 0.25) is 0 Å². The second-order valence-electron chi connectivity index (χ2n) is 5.38. The molecule has 21 heavy (non-hydrogen) atoms. The summed E-state index contributed by atoms with van der Waals surface area (Å²) < 4.78 is 0. The number of nitrogens with zero attached hydrogens (tertiary/aromatic N) is 1. The number of rotatable bonds is 1. The zero-order valence-electron chi connectivity index (χ0n) is 11.8. The second kappa shape index (κ2) is 4.48. The van der Waals surface area contributed by atoms with Crippen molar-refractivity contribution in [1.82, 2.24) is 0 Å². The van der Waals surface area contributed by atoms with E-state index in [1.807, 2.05) is 6.07 Å². The Balaban J connectivity index is 2.05. The maximum Gasteiger partial charge on any atom is 0.116 e. The molecule has 1 N–H and O–H groups in total. The third-order valence-electron chi connectivity index (χ3n) is 4.24. The zero-order chi connectivity index (χ0) is 14.4. The number of phenolic OH excluding ortho intramolecular Hbond substituents is 1. The first kappa shape index (κ1) is 12.2. The SMILES string of the molecule is CON=C1CCc2c1ccc1c2ccc2cc(O)ccc21. The van der Waals surface area contributed by atoms with Crippen LogP contribution in [0.25, 0.3) is 21.5 Å². The Morgan fingerprint density at radius 2 is 1.76 bits per heavy atom. The van der Waals surface area contributed by atoms with Gasteiger partial charge in [-0.25, -0.2) is 0 Å². The first-order valence-electron chi connectivity index (χ1n) is 7.05. The molecule has 0 bridgehead atoms. The van der Waals surface area contributed by atoms with Crippen LogP contribution in [0.5, 0.6) is 5.75 Å². The molecule has 0 radical (unpaired) electrons. The summed E-state index contributed by atoms with van der Waals surface area (Å²) in [5, 5.41) is 18.5. The molecule has 3 heteroatoms. The molecule has 0 spiro atoms. The van der Waals surface area contributed by atoms with E-state index in [1.165, 1.54) is 27.3 Å². The van der Waals surface area contributed by atoms with Gasteiger partial charge < -0.3 is 9.94 Å². The summed E-state index contributed by atoms with van der Waals surface area (Å²) in [6.07, 6.45) is 1.92. The number of hydrogen-bond donors (Lipinski definition) is 1. The van der Waals surface area contributed by atoms with E-state index in [9.17, 15) is 5.11 Å². The topological polar surface area (TPSA) is 41.8 Å². The summed E-state index contributed by atoms with van der Waals surface area (Å²) in [5.74, 6) is 0.303. The monoisotopic (exact) mass is 277 g/mol. The number of phenols is 1. The summed E-state index contributed by atoms with van der Waals surface area (Å²) in [7, 11) is 1.59. The van der Waals surface area contributed by atoms with Crippen molar-refractivity contribution < 1.29 is 9.94 Å². The van der Waals surface area contributed by atoms with Gasteiger partial charge in [0.05, 0.1) is 5.71 Å². The third kappa shape index (κ3) is 1.77. The lowest BCUT2D eigenvalue weighted by molar-refractivity contribution is 0.213. The minimum Gasteiger partial charge on any atom is -0.508 e. The van der Waals surface area contributed by atoms with Gasteiger partial charge in [0.2, 0.25) is 0 Å². The molecule has 0 aliphatic heterocycles. The van der Waals surface area contributed by atoms with Crippen molar-refractivity contribution in [2.75, 3.05) is 7.11 Å². The molecule has 3 aromatic carbocycles. The molecular weight excluding hydrogens is 262 g/mol. The molecule has 3 nitrogen and oxygen atoms in total. The van der Waals surface area contributed by atoms with Gasteiger partial charge in [0, 0.05) is 5.56 Å². The van der Waals surface area contributed by atoms with Crippen LogP contribution in [0.4, 0.5) is 0 Å². The van der Waals surface area contributed by atoms with Crippen molar-refractivity contribution in [1.29, 1.82) is 0 Å². The maximum absolute atomic E-state index is 9.62.